The highest BCUT2D eigenvalue weighted by Gasteiger charge is 2.74. The number of Topliss-reactive ketones (excluding diaryl/α,β-unsaturated/α-hetero) is 2. The number of ketones is 2. The van der Waals surface area contributed by atoms with Crippen molar-refractivity contribution in [1.82, 2.24) is 0 Å². The molecule has 0 unspecified atom stereocenters. The van der Waals surface area contributed by atoms with Gasteiger partial charge in [0, 0.05) is 11.1 Å². The lowest BCUT2D eigenvalue weighted by molar-refractivity contribution is -0.127. The number of nitrogens with zero attached hydrogens (tertiary/aromatic N) is 1. The molecular weight excluding hydrogens is 461 g/mol. The van der Waals surface area contributed by atoms with Gasteiger partial charge in [0.1, 0.15) is 5.82 Å². The molecule has 1 aliphatic carbocycles. The topological polar surface area (TPSA) is 80.8 Å². The van der Waals surface area contributed by atoms with Crippen molar-refractivity contribution >= 4 is 29.1 Å². The maximum atomic E-state index is 13.8. The molecule has 2 heterocycles. The number of anilines is 1. The average Bonchev–Trinajstić information content (AvgIpc) is 3.45. The number of amides is 2. The van der Waals surface area contributed by atoms with Gasteiger partial charge in [0.2, 0.25) is 29.0 Å². The standard InChI is InChI=1S/C29H22FNO5/c1-15(2)16-7-9-17(10-8-16)24-22-23(28(35)31(27(22)34)19-13-11-18(30)12-14-19)29(36-24)25(32)20-5-3-4-6-21(20)26(29)33/h3-15,22-24H,1-2H3/t22-,23-,24-/m1/s1. The Kier molecular flexibility index (Phi) is 4.85. The third-order valence-electron chi connectivity index (χ3n) is 7.54. The maximum Gasteiger partial charge on any atom is 0.241 e. The zero-order valence-electron chi connectivity index (χ0n) is 19.6. The van der Waals surface area contributed by atoms with Gasteiger partial charge in [-0.2, -0.15) is 0 Å². The summed E-state index contributed by atoms with van der Waals surface area (Å²) in [5, 5.41) is 0. The van der Waals surface area contributed by atoms with Crippen LogP contribution < -0.4 is 4.90 Å². The normalized spacial score (nSPS) is 24.2. The van der Waals surface area contributed by atoms with Gasteiger partial charge < -0.3 is 4.74 Å². The Labute approximate surface area is 206 Å². The van der Waals surface area contributed by atoms with E-state index in [-0.39, 0.29) is 22.7 Å². The van der Waals surface area contributed by atoms with Crippen LogP contribution in [0.2, 0.25) is 0 Å². The van der Waals surface area contributed by atoms with Crippen molar-refractivity contribution in [3.63, 3.8) is 0 Å². The number of ether oxygens (including phenoxy) is 1. The summed E-state index contributed by atoms with van der Waals surface area (Å²) in [5.74, 6) is -5.17. The molecule has 6 rings (SSSR count). The van der Waals surface area contributed by atoms with Crippen LogP contribution >= 0.6 is 0 Å². The number of rotatable bonds is 3. The first-order valence-corrected chi connectivity index (χ1v) is 11.9. The van der Waals surface area contributed by atoms with Crippen LogP contribution in [0.3, 0.4) is 0 Å². The van der Waals surface area contributed by atoms with E-state index in [4.69, 9.17) is 4.74 Å². The Balaban J connectivity index is 1.52. The molecule has 3 aliphatic rings. The minimum absolute atomic E-state index is 0.178. The quantitative estimate of drug-likeness (QED) is 0.400. The minimum Gasteiger partial charge on any atom is -0.349 e. The number of carbonyl (C=O) groups excluding carboxylic acids is 4. The van der Waals surface area contributed by atoms with Crippen molar-refractivity contribution in [2.45, 2.75) is 31.5 Å². The summed E-state index contributed by atoms with van der Waals surface area (Å²) >= 11 is 0. The molecule has 3 aromatic carbocycles. The SMILES string of the molecule is CC(C)c1ccc([C@H]2OC3(C(=O)c4ccccc4C3=O)[C@H]3C(=O)N(c4ccc(F)cc4)C(=O)[C@@H]23)cc1. The second kappa shape index (κ2) is 7.77. The highest BCUT2D eigenvalue weighted by Crippen LogP contribution is 2.57. The van der Waals surface area contributed by atoms with Gasteiger partial charge in [-0.15, -0.1) is 0 Å². The van der Waals surface area contributed by atoms with E-state index in [0.717, 1.165) is 22.6 Å². The van der Waals surface area contributed by atoms with Crippen LogP contribution in [0.25, 0.3) is 0 Å². The zero-order chi connectivity index (χ0) is 25.4. The molecule has 6 nitrogen and oxygen atoms in total. The first-order chi connectivity index (χ1) is 17.3. The van der Waals surface area contributed by atoms with Gasteiger partial charge in [-0.05, 0) is 41.3 Å². The number of benzene rings is 3. The van der Waals surface area contributed by atoms with Crippen LogP contribution in [-0.4, -0.2) is 29.0 Å². The molecule has 2 fully saturated rings. The van der Waals surface area contributed by atoms with Gasteiger partial charge in [0.25, 0.3) is 0 Å². The number of hydrogen-bond acceptors (Lipinski definition) is 5. The highest BCUT2D eigenvalue weighted by atomic mass is 19.1. The summed E-state index contributed by atoms with van der Waals surface area (Å²) in [6.45, 7) is 4.11. The first kappa shape index (κ1) is 22.5. The lowest BCUT2D eigenvalue weighted by Gasteiger charge is -2.27. The predicted octanol–water partition coefficient (Wildman–Crippen LogP) is 4.64. The minimum atomic E-state index is -2.13. The average molecular weight is 483 g/mol. The molecule has 0 saturated carbocycles. The van der Waals surface area contributed by atoms with E-state index < -0.39 is 52.7 Å². The number of hydrogen-bond donors (Lipinski definition) is 0. The van der Waals surface area contributed by atoms with Crippen LogP contribution in [0.4, 0.5) is 10.1 Å². The van der Waals surface area contributed by atoms with E-state index in [2.05, 4.69) is 13.8 Å². The molecule has 3 atom stereocenters. The van der Waals surface area contributed by atoms with Crippen molar-refractivity contribution < 1.29 is 28.3 Å². The second-order valence-corrected chi connectivity index (χ2v) is 9.79. The van der Waals surface area contributed by atoms with Gasteiger partial charge in [-0.3, -0.25) is 19.2 Å². The zero-order valence-corrected chi connectivity index (χ0v) is 19.6. The molecule has 180 valence electrons. The molecule has 7 heteroatoms. The van der Waals surface area contributed by atoms with E-state index in [1.54, 1.807) is 12.1 Å². The Morgan fingerprint density at radius 1 is 0.806 bits per heavy atom. The molecule has 2 amide bonds. The van der Waals surface area contributed by atoms with E-state index in [1.807, 2.05) is 24.3 Å². The Hall–Kier alpha value is -3.97. The molecule has 1 spiro atoms. The van der Waals surface area contributed by atoms with Crippen molar-refractivity contribution in [1.29, 1.82) is 0 Å². The van der Waals surface area contributed by atoms with Crippen LogP contribution in [0.1, 0.15) is 57.7 Å². The molecule has 0 N–H and O–H groups in total. The molecule has 36 heavy (non-hydrogen) atoms. The van der Waals surface area contributed by atoms with Gasteiger partial charge in [-0.25, -0.2) is 9.29 Å². The summed E-state index contributed by atoms with van der Waals surface area (Å²) in [5.41, 5.74) is 0.0857. The van der Waals surface area contributed by atoms with Gasteiger partial charge in [-0.1, -0.05) is 62.4 Å². The summed E-state index contributed by atoms with van der Waals surface area (Å²) in [6, 6.07) is 18.8. The van der Waals surface area contributed by atoms with E-state index in [0.29, 0.717) is 5.56 Å². The summed E-state index contributed by atoms with van der Waals surface area (Å²) in [4.78, 5) is 56.1. The Morgan fingerprint density at radius 2 is 1.39 bits per heavy atom. The largest absolute Gasteiger partial charge is 0.349 e. The van der Waals surface area contributed by atoms with Crippen molar-refractivity contribution in [3.8, 4) is 0 Å². The van der Waals surface area contributed by atoms with Crippen LogP contribution in [-0.2, 0) is 14.3 Å². The fourth-order valence-corrected chi connectivity index (χ4v) is 5.73. The number of halogens is 1. The van der Waals surface area contributed by atoms with Crippen LogP contribution in [0.5, 0.6) is 0 Å². The molecule has 2 saturated heterocycles. The molecule has 2 aliphatic heterocycles. The molecule has 0 aromatic heterocycles. The van der Waals surface area contributed by atoms with Crippen molar-refractivity contribution in [2.24, 2.45) is 11.8 Å². The third-order valence-corrected chi connectivity index (χ3v) is 7.54. The monoisotopic (exact) mass is 483 g/mol. The first-order valence-electron chi connectivity index (χ1n) is 11.9. The molecule has 0 radical (unpaired) electrons. The summed E-state index contributed by atoms with van der Waals surface area (Å²) in [6.07, 6.45) is -0.986. The van der Waals surface area contributed by atoms with E-state index >= 15 is 0 Å². The smallest absolute Gasteiger partial charge is 0.241 e. The highest BCUT2D eigenvalue weighted by molar-refractivity contribution is 6.37. The van der Waals surface area contributed by atoms with Gasteiger partial charge >= 0.3 is 0 Å². The van der Waals surface area contributed by atoms with Crippen LogP contribution in [0.15, 0.2) is 72.8 Å². The molecule has 3 aromatic rings. The van der Waals surface area contributed by atoms with Crippen molar-refractivity contribution in [2.75, 3.05) is 4.90 Å². The van der Waals surface area contributed by atoms with E-state index in [9.17, 15) is 23.6 Å². The Morgan fingerprint density at radius 3 is 1.94 bits per heavy atom. The van der Waals surface area contributed by atoms with Gasteiger partial charge in [0.05, 0.1) is 23.6 Å². The summed E-state index contributed by atoms with van der Waals surface area (Å²) < 4.78 is 19.9. The molecular formula is C29H22FNO5. The summed E-state index contributed by atoms with van der Waals surface area (Å²) in [7, 11) is 0. The van der Waals surface area contributed by atoms with E-state index in [1.165, 1.54) is 24.3 Å². The number of fused-ring (bicyclic) bond motifs is 3. The number of imide groups is 1. The second-order valence-electron chi connectivity index (χ2n) is 9.79. The maximum absolute atomic E-state index is 13.8. The number of carbonyl (C=O) groups is 4. The van der Waals surface area contributed by atoms with Crippen molar-refractivity contribution in [3.05, 3.63) is 101 Å². The van der Waals surface area contributed by atoms with Gasteiger partial charge in [0.15, 0.2) is 0 Å². The predicted molar refractivity (Wildman–Crippen MR) is 128 cm³/mol. The lowest BCUT2D eigenvalue weighted by Crippen LogP contribution is -2.51. The fourth-order valence-electron chi connectivity index (χ4n) is 5.73. The fraction of sp³-hybridized carbons (Fsp3) is 0.241. The third kappa shape index (κ3) is 2.86. The Bertz CT molecular complexity index is 1410. The molecule has 0 bridgehead atoms. The van der Waals surface area contributed by atoms with Crippen LogP contribution in [0, 0.1) is 17.7 Å². The lowest BCUT2D eigenvalue weighted by atomic mass is 9.77.